The van der Waals surface area contributed by atoms with Crippen molar-refractivity contribution in [1.29, 1.82) is 0 Å². The van der Waals surface area contributed by atoms with Crippen molar-refractivity contribution < 1.29 is 5.11 Å². The summed E-state index contributed by atoms with van der Waals surface area (Å²) in [7, 11) is 0. The summed E-state index contributed by atoms with van der Waals surface area (Å²) in [6.45, 7) is 6.42. The Balaban J connectivity index is 2.24. The van der Waals surface area contributed by atoms with Crippen LogP contribution in [0.1, 0.15) is 29.5 Å². The lowest BCUT2D eigenvalue weighted by Crippen LogP contribution is -2.31. The third-order valence-electron chi connectivity index (χ3n) is 3.79. The van der Waals surface area contributed by atoms with E-state index in [0.717, 1.165) is 29.5 Å². The van der Waals surface area contributed by atoms with Gasteiger partial charge >= 0.3 is 0 Å². The highest BCUT2D eigenvalue weighted by Crippen LogP contribution is 2.34. The molecule has 1 fully saturated rings. The van der Waals surface area contributed by atoms with Gasteiger partial charge in [0.15, 0.2) is 0 Å². The van der Waals surface area contributed by atoms with Gasteiger partial charge in [-0.15, -0.1) is 0 Å². The molecule has 2 nitrogen and oxygen atoms in total. The molecule has 3 heteroatoms. The number of phenols is 1. The van der Waals surface area contributed by atoms with Crippen LogP contribution in [0.5, 0.6) is 5.75 Å². The molecule has 1 aliphatic heterocycles. The lowest BCUT2D eigenvalue weighted by Gasteiger charge is -2.24. The molecule has 2 N–H and O–H groups in total. The van der Waals surface area contributed by atoms with Crippen LogP contribution in [0.4, 0.5) is 0 Å². The van der Waals surface area contributed by atoms with Crippen LogP contribution in [-0.4, -0.2) is 18.2 Å². The molecule has 0 amide bonds. The number of halogens is 1. The normalized spacial score (nSPS) is 20.5. The van der Waals surface area contributed by atoms with Crippen LogP contribution < -0.4 is 5.32 Å². The van der Waals surface area contributed by atoms with Crippen molar-refractivity contribution in [2.24, 2.45) is 5.92 Å². The van der Waals surface area contributed by atoms with E-state index in [1.165, 1.54) is 24.0 Å². The van der Waals surface area contributed by atoms with Crippen molar-refractivity contribution in [3.63, 3.8) is 0 Å². The first-order valence-corrected chi connectivity index (χ1v) is 7.07. The van der Waals surface area contributed by atoms with Crippen LogP contribution in [0.3, 0.4) is 0 Å². The molecule has 1 aromatic carbocycles. The largest absolute Gasteiger partial charge is 0.506 e. The summed E-state index contributed by atoms with van der Waals surface area (Å²) in [6.07, 6.45) is 3.49. The van der Waals surface area contributed by atoms with E-state index in [0.29, 0.717) is 11.7 Å². The predicted octanol–water partition coefficient (Wildman–Crippen LogP) is 3.31. The maximum Gasteiger partial charge on any atom is 0.133 e. The van der Waals surface area contributed by atoms with E-state index in [1.807, 2.05) is 6.07 Å². The third-order valence-corrected chi connectivity index (χ3v) is 4.40. The fraction of sp³-hybridized carbons (Fsp3) is 0.571. The molecule has 94 valence electrons. The second-order valence-electron chi connectivity index (χ2n) is 5.04. The minimum atomic E-state index is 0.429. The molecule has 2 rings (SSSR count). The molecule has 1 aromatic rings. The number of phenolic OH excluding ortho intramolecular Hbond substituents is 1. The van der Waals surface area contributed by atoms with Gasteiger partial charge in [0.1, 0.15) is 5.75 Å². The maximum absolute atomic E-state index is 10.2. The summed E-state index contributed by atoms with van der Waals surface area (Å²) >= 11 is 3.43. The Kier molecular flexibility index (Phi) is 4.10. The Bertz CT molecular complexity index is 385. The van der Waals surface area contributed by atoms with Gasteiger partial charge in [0.2, 0.25) is 0 Å². The van der Waals surface area contributed by atoms with Crippen molar-refractivity contribution >= 4 is 15.9 Å². The van der Waals surface area contributed by atoms with Crippen LogP contribution in [0.25, 0.3) is 0 Å². The SMILES string of the molecule is Cc1cc(Br)c(O)c(CC2CCCNC2)c1C. The molecule has 1 atom stereocenters. The van der Waals surface area contributed by atoms with Crippen LogP contribution >= 0.6 is 15.9 Å². The quantitative estimate of drug-likeness (QED) is 0.878. The Labute approximate surface area is 112 Å². The Hall–Kier alpha value is -0.540. The molecule has 1 heterocycles. The van der Waals surface area contributed by atoms with E-state index in [4.69, 9.17) is 0 Å². The van der Waals surface area contributed by atoms with E-state index in [1.54, 1.807) is 0 Å². The van der Waals surface area contributed by atoms with Crippen molar-refractivity contribution in [2.75, 3.05) is 13.1 Å². The summed E-state index contributed by atoms with van der Waals surface area (Å²) < 4.78 is 0.819. The van der Waals surface area contributed by atoms with Gasteiger partial charge in [0.25, 0.3) is 0 Å². The fourth-order valence-electron chi connectivity index (χ4n) is 2.56. The van der Waals surface area contributed by atoms with Crippen molar-refractivity contribution in [3.8, 4) is 5.75 Å². The first-order valence-electron chi connectivity index (χ1n) is 6.28. The molecular weight excluding hydrogens is 278 g/mol. The van der Waals surface area contributed by atoms with Crippen LogP contribution in [0.15, 0.2) is 10.5 Å². The van der Waals surface area contributed by atoms with Gasteiger partial charge in [-0.05, 0) is 90.8 Å². The van der Waals surface area contributed by atoms with E-state index in [-0.39, 0.29) is 0 Å². The van der Waals surface area contributed by atoms with Crippen LogP contribution in [0, 0.1) is 19.8 Å². The van der Waals surface area contributed by atoms with Gasteiger partial charge in [0, 0.05) is 0 Å². The summed E-state index contributed by atoms with van der Waals surface area (Å²) in [4.78, 5) is 0. The molecule has 1 aliphatic rings. The lowest BCUT2D eigenvalue weighted by atomic mass is 9.89. The topological polar surface area (TPSA) is 32.3 Å². The average molecular weight is 298 g/mol. The minimum Gasteiger partial charge on any atom is -0.506 e. The van der Waals surface area contributed by atoms with Gasteiger partial charge in [-0.3, -0.25) is 0 Å². The summed E-state index contributed by atoms with van der Waals surface area (Å²) in [5.74, 6) is 1.08. The molecule has 0 bridgehead atoms. The van der Waals surface area contributed by atoms with E-state index in [2.05, 4.69) is 35.1 Å². The molecule has 1 saturated heterocycles. The number of aromatic hydroxyl groups is 1. The molecule has 0 saturated carbocycles. The van der Waals surface area contributed by atoms with Gasteiger partial charge in [0.05, 0.1) is 4.47 Å². The summed E-state index contributed by atoms with van der Waals surface area (Å²) in [5.41, 5.74) is 3.59. The number of hydrogen-bond acceptors (Lipinski definition) is 2. The van der Waals surface area contributed by atoms with E-state index in [9.17, 15) is 5.11 Å². The average Bonchev–Trinajstić information content (AvgIpc) is 2.33. The van der Waals surface area contributed by atoms with Gasteiger partial charge in [-0.2, -0.15) is 0 Å². The third kappa shape index (κ3) is 2.83. The van der Waals surface area contributed by atoms with Crippen molar-refractivity contribution in [1.82, 2.24) is 5.32 Å². The second kappa shape index (κ2) is 5.40. The minimum absolute atomic E-state index is 0.429. The number of nitrogens with one attached hydrogen (secondary N) is 1. The van der Waals surface area contributed by atoms with E-state index < -0.39 is 0 Å². The highest BCUT2D eigenvalue weighted by molar-refractivity contribution is 9.10. The molecule has 0 radical (unpaired) electrons. The first-order chi connectivity index (χ1) is 8.09. The zero-order valence-electron chi connectivity index (χ0n) is 10.5. The Morgan fingerprint density at radius 2 is 2.24 bits per heavy atom. The predicted molar refractivity (Wildman–Crippen MR) is 74.6 cm³/mol. The monoisotopic (exact) mass is 297 g/mol. The lowest BCUT2D eigenvalue weighted by molar-refractivity contribution is 0.368. The number of rotatable bonds is 2. The van der Waals surface area contributed by atoms with Crippen LogP contribution in [-0.2, 0) is 6.42 Å². The first kappa shape index (κ1) is 12.9. The van der Waals surface area contributed by atoms with Gasteiger partial charge in [-0.1, -0.05) is 0 Å². The Morgan fingerprint density at radius 1 is 1.47 bits per heavy atom. The van der Waals surface area contributed by atoms with E-state index >= 15 is 0 Å². The molecule has 0 aliphatic carbocycles. The summed E-state index contributed by atoms with van der Waals surface area (Å²) in [6, 6.07) is 1.99. The molecular formula is C14H20BrNO. The molecule has 0 aromatic heterocycles. The Morgan fingerprint density at radius 3 is 2.88 bits per heavy atom. The van der Waals surface area contributed by atoms with Crippen molar-refractivity contribution in [3.05, 3.63) is 27.2 Å². The second-order valence-corrected chi connectivity index (χ2v) is 5.90. The number of piperidine rings is 1. The molecule has 17 heavy (non-hydrogen) atoms. The van der Waals surface area contributed by atoms with Crippen molar-refractivity contribution in [2.45, 2.75) is 33.1 Å². The zero-order chi connectivity index (χ0) is 12.4. The highest BCUT2D eigenvalue weighted by Gasteiger charge is 2.18. The summed E-state index contributed by atoms with van der Waals surface area (Å²) in [5, 5.41) is 13.6. The van der Waals surface area contributed by atoms with Gasteiger partial charge < -0.3 is 10.4 Å². The number of aryl methyl sites for hydroxylation is 1. The smallest absolute Gasteiger partial charge is 0.133 e. The maximum atomic E-state index is 10.2. The standard InChI is InChI=1S/C14H20BrNO/c1-9-6-13(15)14(17)12(10(9)2)7-11-4-3-5-16-8-11/h6,11,16-17H,3-5,7-8H2,1-2H3. The fourth-order valence-corrected chi connectivity index (χ4v) is 3.15. The number of hydrogen-bond donors (Lipinski definition) is 2. The zero-order valence-corrected chi connectivity index (χ0v) is 12.1. The number of benzene rings is 1. The molecule has 0 spiro atoms. The van der Waals surface area contributed by atoms with Crippen LogP contribution in [0.2, 0.25) is 0 Å². The highest BCUT2D eigenvalue weighted by atomic mass is 79.9. The molecule has 1 unspecified atom stereocenters. The van der Waals surface area contributed by atoms with Gasteiger partial charge in [-0.25, -0.2) is 0 Å².